The topological polar surface area (TPSA) is 3.24 Å². The molecule has 3 aliphatic rings. The lowest BCUT2D eigenvalue weighted by molar-refractivity contribution is 0.660. The van der Waals surface area contributed by atoms with Crippen molar-refractivity contribution < 1.29 is 0 Å². The number of allylic oxidation sites excluding steroid dienone is 3. The molecule has 6 aromatic rings. The highest BCUT2D eigenvalue weighted by Gasteiger charge is 2.37. The van der Waals surface area contributed by atoms with Crippen LogP contribution < -0.4 is 4.90 Å². The zero-order chi connectivity index (χ0) is 30.8. The first-order chi connectivity index (χ1) is 22.6. The quantitative estimate of drug-likeness (QED) is 0.198. The molecule has 3 aliphatic carbocycles. The van der Waals surface area contributed by atoms with Gasteiger partial charge in [0.15, 0.2) is 0 Å². The lowest BCUT2D eigenvalue weighted by Gasteiger charge is -2.36. The summed E-state index contributed by atoms with van der Waals surface area (Å²) in [5.74, 6) is 0.342. The SMILES string of the molecule is CC1(C)c2ccccc2-c2ccc(N(C3=CCC4C(=C3)c3ccccc3-c3ccccc34)c3ccccc3-c3ccccc3)cc21. The summed E-state index contributed by atoms with van der Waals surface area (Å²) in [6.07, 6.45) is 5.89. The maximum absolute atomic E-state index is 2.51. The Morgan fingerprint density at radius 2 is 1.17 bits per heavy atom. The molecule has 0 N–H and O–H groups in total. The molecule has 0 spiro atoms. The predicted octanol–water partition coefficient (Wildman–Crippen LogP) is 11.9. The maximum atomic E-state index is 2.51. The van der Waals surface area contributed by atoms with Gasteiger partial charge in [0.05, 0.1) is 5.69 Å². The van der Waals surface area contributed by atoms with E-state index in [4.69, 9.17) is 0 Å². The highest BCUT2D eigenvalue weighted by atomic mass is 15.1. The number of fused-ring (bicyclic) bond motifs is 9. The third-order valence-electron chi connectivity index (χ3n) is 10.4. The molecule has 0 radical (unpaired) electrons. The molecule has 0 aromatic heterocycles. The summed E-state index contributed by atoms with van der Waals surface area (Å²) in [5.41, 5.74) is 18.3. The molecule has 1 heteroatoms. The van der Waals surface area contributed by atoms with E-state index in [0.29, 0.717) is 5.92 Å². The van der Waals surface area contributed by atoms with Gasteiger partial charge >= 0.3 is 0 Å². The van der Waals surface area contributed by atoms with Crippen LogP contribution in [0.3, 0.4) is 0 Å². The molecule has 0 amide bonds. The third kappa shape index (κ3) is 4.01. The van der Waals surface area contributed by atoms with Crippen LogP contribution in [0.2, 0.25) is 0 Å². The van der Waals surface area contributed by atoms with Crippen molar-refractivity contribution in [3.8, 4) is 33.4 Å². The number of para-hydroxylation sites is 1. The van der Waals surface area contributed by atoms with Crippen molar-refractivity contribution in [2.75, 3.05) is 4.90 Å². The van der Waals surface area contributed by atoms with Crippen molar-refractivity contribution in [1.29, 1.82) is 0 Å². The lowest BCUT2D eigenvalue weighted by Crippen LogP contribution is -2.22. The summed E-state index contributed by atoms with van der Waals surface area (Å²) in [6, 6.07) is 53.6. The minimum absolute atomic E-state index is 0.0803. The number of anilines is 2. The van der Waals surface area contributed by atoms with Crippen molar-refractivity contribution in [2.24, 2.45) is 0 Å². The van der Waals surface area contributed by atoms with Crippen LogP contribution in [-0.4, -0.2) is 0 Å². The second-order valence-electron chi connectivity index (χ2n) is 13.3. The lowest BCUT2D eigenvalue weighted by atomic mass is 9.72. The Kier molecular flexibility index (Phi) is 6.05. The van der Waals surface area contributed by atoms with E-state index in [9.17, 15) is 0 Å². The molecule has 1 unspecified atom stereocenters. The molecule has 6 aromatic carbocycles. The number of rotatable bonds is 4. The van der Waals surface area contributed by atoms with Crippen LogP contribution >= 0.6 is 0 Å². The van der Waals surface area contributed by atoms with Gasteiger partial charge in [-0.1, -0.05) is 147 Å². The summed E-state index contributed by atoms with van der Waals surface area (Å²) in [4.78, 5) is 2.51. The summed E-state index contributed by atoms with van der Waals surface area (Å²) in [5, 5.41) is 0. The van der Waals surface area contributed by atoms with Gasteiger partial charge in [0, 0.05) is 28.3 Å². The van der Waals surface area contributed by atoms with Crippen molar-refractivity contribution in [3.05, 3.63) is 186 Å². The van der Waals surface area contributed by atoms with Crippen molar-refractivity contribution in [3.63, 3.8) is 0 Å². The minimum atomic E-state index is -0.0803. The van der Waals surface area contributed by atoms with E-state index in [1.165, 1.54) is 78.3 Å². The van der Waals surface area contributed by atoms with Crippen LogP contribution in [0.25, 0.3) is 39.0 Å². The van der Waals surface area contributed by atoms with Crippen LogP contribution in [0.15, 0.2) is 163 Å². The predicted molar refractivity (Wildman–Crippen MR) is 193 cm³/mol. The van der Waals surface area contributed by atoms with Crippen LogP contribution in [0.4, 0.5) is 11.4 Å². The second-order valence-corrected chi connectivity index (χ2v) is 13.3. The average Bonchev–Trinajstić information content (AvgIpc) is 3.35. The Hall–Kier alpha value is -5.40. The molecule has 0 bridgehead atoms. The highest BCUT2D eigenvalue weighted by Crippen LogP contribution is 2.53. The molecule has 0 heterocycles. The van der Waals surface area contributed by atoms with Gasteiger partial charge in [-0.05, 0) is 86.3 Å². The number of benzene rings is 6. The second kappa shape index (κ2) is 10.3. The van der Waals surface area contributed by atoms with Gasteiger partial charge in [0.1, 0.15) is 0 Å². The molecule has 9 rings (SSSR count). The van der Waals surface area contributed by atoms with Crippen molar-refractivity contribution in [2.45, 2.75) is 31.6 Å². The van der Waals surface area contributed by atoms with E-state index in [0.717, 1.165) is 6.42 Å². The molecule has 220 valence electrons. The highest BCUT2D eigenvalue weighted by molar-refractivity contribution is 5.94. The molecule has 1 atom stereocenters. The van der Waals surface area contributed by atoms with E-state index < -0.39 is 0 Å². The molecular weight excluding hydrogens is 555 g/mol. The van der Waals surface area contributed by atoms with E-state index in [1.54, 1.807) is 0 Å². The molecule has 0 aliphatic heterocycles. The van der Waals surface area contributed by atoms with Crippen LogP contribution in [0.1, 0.15) is 48.4 Å². The number of hydrogen-bond acceptors (Lipinski definition) is 1. The van der Waals surface area contributed by atoms with Crippen molar-refractivity contribution in [1.82, 2.24) is 0 Å². The minimum Gasteiger partial charge on any atom is -0.310 e. The van der Waals surface area contributed by atoms with E-state index >= 15 is 0 Å². The van der Waals surface area contributed by atoms with Gasteiger partial charge in [-0.25, -0.2) is 0 Å². The third-order valence-corrected chi connectivity index (χ3v) is 10.4. The Bertz CT molecular complexity index is 2210. The monoisotopic (exact) mass is 589 g/mol. The Balaban J connectivity index is 1.26. The van der Waals surface area contributed by atoms with E-state index in [2.05, 4.69) is 176 Å². The van der Waals surface area contributed by atoms with E-state index in [-0.39, 0.29) is 5.41 Å². The van der Waals surface area contributed by atoms with Gasteiger partial charge in [-0.3, -0.25) is 0 Å². The molecule has 0 saturated heterocycles. The first-order valence-electron chi connectivity index (χ1n) is 16.4. The zero-order valence-electron chi connectivity index (χ0n) is 26.2. The Labute approximate surface area is 271 Å². The molecule has 0 saturated carbocycles. The van der Waals surface area contributed by atoms with Crippen LogP contribution in [-0.2, 0) is 5.41 Å². The largest absolute Gasteiger partial charge is 0.310 e. The zero-order valence-corrected chi connectivity index (χ0v) is 26.2. The number of hydrogen-bond donors (Lipinski definition) is 0. The van der Waals surface area contributed by atoms with Gasteiger partial charge in [-0.2, -0.15) is 0 Å². The average molecular weight is 590 g/mol. The summed E-state index contributed by atoms with van der Waals surface area (Å²) < 4.78 is 0. The first-order valence-corrected chi connectivity index (χ1v) is 16.4. The summed E-state index contributed by atoms with van der Waals surface area (Å²) in [7, 11) is 0. The summed E-state index contributed by atoms with van der Waals surface area (Å²) >= 11 is 0. The first kappa shape index (κ1) is 27.0. The van der Waals surface area contributed by atoms with E-state index in [1.807, 2.05) is 0 Å². The molecule has 1 nitrogen and oxygen atoms in total. The Morgan fingerprint density at radius 1 is 0.543 bits per heavy atom. The summed E-state index contributed by atoms with van der Waals surface area (Å²) in [6.45, 7) is 4.74. The fraction of sp³-hybridized carbons (Fsp3) is 0.111. The van der Waals surface area contributed by atoms with Gasteiger partial charge in [0.2, 0.25) is 0 Å². The maximum Gasteiger partial charge on any atom is 0.0539 e. The van der Waals surface area contributed by atoms with Gasteiger partial charge in [0.25, 0.3) is 0 Å². The standard InChI is InChI=1S/C45H35N/c1-45(2)42-22-12-10-21-39(42)40-27-25-32(29-43(40)45)46(44-23-13-11-16-33(44)30-14-4-3-5-15-30)31-24-26-38-36-19-7-6-17-34(36)35-18-8-9-20-37(35)41(38)28-31/h3-25,27-29,38H,26H2,1-2H3. The fourth-order valence-corrected chi connectivity index (χ4v) is 8.21. The molecular formula is C45H35N. The smallest absolute Gasteiger partial charge is 0.0539 e. The molecule has 0 fully saturated rings. The van der Waals surface area contributed by atoms with Crippen LogP contribution in [0.5, 0.6) is 0 Å². The fourth-order valence-electron chi connectivity index (χ4n) is 8.21. The number of nitrogens with zero attached hydrogens (tertiary/aromatic N) is 1. The Morgan fingerprint density at radius 3 is 2.00 bits per heavy atom. The normalized spacial score (nSPS) is 16.6. The molecule has 46 heavy (non-hydrogen) atoms. The van der Waals surface area contributed by atoms with Gasteiger partial charge in [-0.15, -0.1) is 0 Å². The van der Waals surface area contributed by atoms with Crippen molar-refractivity contribution >= 4 is 16.9 Å². The van der Waals surface area contributed by atoms with Gasteiger partial charge < -0.3 is 4.90 Å². The van der Waals surface area contributed by atoms with Crippen LogP contribution in [0, 0.1) is 0 Å².